The van der Waals surface area contributed by atoms with Crippen LogP contribution < -0.4 is 10.4 Å². The molecule has 0 bridgehead atoms. The Morgan fingerprint density at radius 2 is 2.13 bits per heavy atom. The maximum absolute atomic E-state index is 12.6. The lowest BCUT2D eigenvalue weighted by atomic mass is 9.95. The molecule has 1 saturated heterocycles. The summed E-state index contributed by atoms with van der Waals surface area (Å²) < 4.78 is 18.5. The van der Waals surface area contributed by atoms with Crippen molar-refractivity contribution in [3.63, 3.8) is 0 Å². The van der Waals surface area contributed by atoms with E-state index in [1.54, 1.807) is 10.8 Å². The van der Waals surface area contributed by atoms with Gasteiger partial charge in [-0.25, -0.2) is 4.79 Å². The number of aryl methyl sites for hydroxylation is 1. The van der Waals surface area contributed by atoms with Gasteiger partial charge in [-0.2, -0.15) is 4.98 Å². The number of pyridine rings is 1. The van der Waals surface area contributed by atoms with E-state index in [9.17, 15) is 4.79 Å². The first-order valence-corrected chi connectivity index (χ1v) is 10.4. The van der Waals surface area contributed by atoms with Crippen molar-refractivity contribution >= 4 is 12.2 Å². The lowest BCUT2D eigenvalue weighted by Gasteiger charge is -2.24. The number of nitrogens with zero attached hydrogens (tertiary/aromatic N) is 3. The normalized spacial score (nSPS) is 17.9. The third-order valence-electron chi connectivity index (χ3n) is 5.43. The van der Waals surface area contributed by atoms with Crippen molar-refractivity contribution in [3.05, 3.63) is 76.0 Å². The molecule has 2 aliphatic heterocycles. The van der Waals surface area contributed by atoms with Gasteiger partial charge in [0.15, 0.2) is 0 Å². The summed E-state index contributed by atoms with van der Waals surface area (Å²) in [5.74, 6) is 0.317. The summed E-state index contributed by atoms with van der Waals surface area (Å²) >= 11 is 0. The van der Waals surface area contributed by atoms with Crippen LogP contribution in [0.15, 0.2) is 53.5 Å². The highest BCUT2D eigenvalue weighted by molar-refractivity contribution is 5.73. The minimum absolute atomic E-state index is 0.143. The minimum Gasteiger partial charge on any atom is -0.475 e. The van der Waals surface area contributed by atoms with Crippen LogP contribution in [0.4, 0.5) is 0 Å². The van der Waals surface area contributed by atoms with Gasteiger partial charge in [-0.3, -0.25) is 9.55 Å². The predicted molar refractivity (Wildman–Crippen MR) is 117 cm³/mol. The second-order valence-electron chi connectivity index (χ2n) is 7.55. The van der Waals surface area contributed by atoms with Gasteiger partial charge in [0.1, 0.15) is 12.7 Å². The molecule has 7 nitrogen and oxygen atoms in total. The Labute approximate surface area is 179 Å². The molecule has 4 heterocycles. The maximum Gasteiger partial charge on any atom is 0.351 e. The Balaban J connectivity index is 1.39. The summed E-state index contributed by atoms with van der Waals surface area (Å²) in [6.45, 7) is 2.55. The molecule has 0 spiro atoms. The van der Waals surface area contributed by atoms with Crippen molar-refractivity contribution < 1.29 is 14.2 Å². The van der Waals surface area contributed by atoms with Crippen molar-refractivity contribution in [3.8, 4) is 17.1 Å². The topological polar surface area (TPSA) is 75.5 Å². The molecule has 5 rings (SSSR count). The van der Waals surface area contributed by atoms with Crippen LogP contribution in [0.25, 0.3) is 23.4 Å². The number of hydrogen-bond acceptors (Lipinski definition) is 6. The first-order chi connectivity index (χ1) is 15.3. The SMILES string of the molecule is O=c1nc(OCC2COCCO2)cc2n1CCc1cc(/C=C/c3ccccn3)ccc1-2. The lowest BCUT2D eigenvalue weighted by Crippen LogP contribution is -2.34. The maximum atomic E-state index is 12.6. The highest BCUT2D eigenvalue weighted by Gasteiger charge is 2.20. The number of aromatic nitrogens is 3. The van der Waals surface area contributed by atoms with Crippen LogP contribution in [0.1, 0.15) is 16.8 Å². The predicted octanol–water partition coefficient (Wildman–Crippen LogP) is 2.83. The van der Waals surface area contributed by atoms with Crippen molar-refractivity contribution in [1.29, 1.82) is 0 Å². The lowest BCUT2D eigenvalue weighted by molar-refractivity contribution is -0.102. The van der Waals surface area contributed by atoms with E-state index in [0.717, 1.165) is 28.9 Å². The summed E-state index contributed by atoms with van der Waals surface area (Å²) in [5.41, 5.74) is 4.78. The van der Waals surface area contributed by atoms with Crippen LogP contribution in [0, 0.1) is 0 Å². The van der Waals surface area contributed by atoms with Gasteiger partial charge in [-0.15, -0.1) is 0 Å². The first-order valence-electron chi connectivity index (χ1n) is 10.4. The Kier molecular flexibility index (Phi) is 5.60. The van der Waals surface area contributed by atoms with Crippen LogP contribution in [0.3, 0.4) is 0 Å². The van der Waals surface area contributed by atoms with E-state index in [0.29, 0.717) is 38.9 Å². The Morgan fingerprint density at radius 3 is 2.97 bits per heavy atom. The van der Waals surface area contributed by atoms with Crippen molar-refractivity contribution in [2.75, 3.05) is 26.4 Å². The molecule has 0 amide bonds. The molecular formula is C24H23N3O4. The van der Waals surface area contributed by atoms with Gasteiger partial charge in [0.2, 0.25) is 5.88 Å². The zero-order valence-electron chi connectivity index (χ0n) is 17.1. The number of rotatable bonds is 5. The summed E-state index contributed by atoms with van der Waals surface area (Å²) in [7, 11) is 0. The molecule has 3 aromatic rings. The van der Waals surface area contributed by atoms with Gasteiger partial charge in [0.05, 0.1) is 31.2 Å². The van der Waals surface area contributed by atoms with Gasteiger partial charge in [0.25, 0.3) is 0 Å². The van der Waals surface area contributed by atoms with E-state index in [-0.39, 0.29) is 11.8 Å². The van der Waals surface area contributed by atoms with E-state index in [2.05, 4.69) is 28.2 Å². The first kappa shape index (κ1) is 19.7. The fourth-order valence-corrected chi connectivity index (χ4v) is 3.87. The van der Waals surface area contributed by atoms with Crippen LogP contribution >= 0.6 is 0 Å². The monoisotopic (exact) mass is 417 g/mol. The largest absolute Gasteiger partial charge is 0.475 e. The molecule has 2 aliphatic rings. The van der Waals surface area contributed by atoms with Crippen molar-refractivity contribution in [2.45, 2.75) is 19.1 Å². The highest BCUT2D eigenvalue weighted by atomic mass is 16.6. The molecule has 0 aliphatic carbocycles. The Hall–Kier alpha value is -3.29. The molecule has 31 heavy (non-hydrogen) atoms. The quantitative estimate of drug-likeness (QED) is 0.636. The van der Waals surface area contributed by atoms with Crippen molar-refractivity contribution in [1.82, 2.24) is 14.5 Å². The average molecular weight is 417 g/mol. The van der Waals surface area contributed by atoms with Gasteiger partial charge < -0.3 is 14.2 Å². The molecule has 1 fully saturated rings. The Morgan fingerprint density at radius 1 is 1.16 bits per heavy atom. The molecule has 1 unspecified atom stereocenters. The highest BCUT2D eigenvalue weighted by Crippen LogP contribution is 2.31. The Bertz CT molecular complexity index is 1150. The molecular weight excluding hydrogens is 394 g/mol. The van der Waals surface area contributed by atoms with Crippen LogP contribution in [0.2, 0.25) is 0 Å². The number of fused-ring (bicyclic) bond motifs is 3. The second kappa shape index (κ2) is 8.83. The summed E-state index contributed by atoms with van der Waals surface area (Å²) in [5, 5.41) is 0. The molecule has 1 aromatic carbocycles. The van der Waals surface area contributed by atoms with Gasteiger partial charge in [0, 0.05) is 24.4 Å². The second-order valence-corrected chi connectivity index (χ2v) is 7.55. The smallest absolute Gasteiger partial charge is 0.351 e. The molecule has 0 N–H and O–H groups in total. The van der Waals surface area contributed by atoms with Gasteiger partial charge >= 0.3 is 5.69 Å². The van der Waals surface area contributed by atoms with Crippen LogP contribution in [-0.4, -0.2) is 47.1 Å². The molecule has 7 heteroatoms. The van der Waals surface area contributed by atoms with Crippen molar-refractivity contribution in [2.24, 2.45) is 0 Å². The number of ether oxygens (including phenoxy) is 3. The average Bonchev–Trinajstić information content (AvgIpc) is 2.82. The summed E-state index contributed by atoms with van der Waals surface area (Å²) in [6, 6.07) is 13.9. The fourth-order valence-electron chi connectivity index (χ4n) is 3.87. The van der Waals surface area contributed by atoms with E-state index >= 15 is 0 Å². The van der Waals surface area contributed by atoms with Gasteiger partial charge in [-0.1, -0.05) is 30.3 Å². The third kappa shape index (κ3) is 4.42. The molecule has 158 valence electrons. The zero-order valence-corrected chi connectivity index (χ0v) is 17.1. The molecule has 1 atom stereocenters. The van der Waals surface area contributed by atoms with E-state index in [4.69, 9.17) is 14.2 Å². The number of benzene rings is 1. The zero-order chi connectivity index (χ0) is 21.0. The van der Waals surface area contributed by atoms with E-state index in [1.807, 2.05) is 36.4 Å². The minimum atomic E-state index is -0.293. The van der Waals surface area contributed by atoms with E-state index < -0.39 is 0 Å². The standard InChI is InChI=1S/C24H23N3O4/c28-24-26-23(31-16-20-15-29-11-12-30-20)14-22-21-7-5-17(13-18(21)8-10-27(22)24)4-6-19-3-1-2-9-25-19/h1-7,9,13-14,20H,8,10-12,15-16H2/b6-4+. The third-order valence-corrected chi connectivity index (χ3v) is 5.43. The molecule has 2 aromatic heterocycles. The van der Waals surface area contributed by atoms with Crippen LogP contribution in [0.5, 0.6) is 5.88 Å². The van der Waals surface area contributed by atoms with E-state index in [1.165, 1.54) is 5.56 Å². The number of hydrogen-bond donors (Lipinski definition) is 0. The summed E-state index contributed by atoms with van der Waals surface area (Å²) in [6.07, 6.45) is 6.47. The van der Waals surface area contributed by atoms with Gasteiger partial charge in [-0.05, 0) is 35.8 Å². The summed E-state index contributed by atoms with van der Waals surface area (Å²) in [4.78, 5) is 21.0. The van der Waals surface area contributed by atoms with Crippen LogP contribution in [-0.2, 0) is 22.4 Å². The molecule has 0 radical (unpaired) electrons. The fraction of sp³-hybridized carbons (Fsp3) is 0.292. The molecule has 0 saturated carbocycles.